The minimum Gasteiger partial charge on any atom is -0.465 e. The number of hydrogen-bond acceptors (Lipinski definition) is 5. The molecule has 0 spiro atoms. The number of hydrogen-bond donors (Lipinski definition) is 0. The lowest BCUT2D eigenvalue weighted by atomic mass is 9.95. The Morgan fingerprint density at radius 1 is 1.27 bits per heavy atom. The molecule has 0 atom stereocenters. The van der Waals surface area contributed by atoms with Crippen molar-refractivity contribution >= 4 is 23.0 Å². The number of fused-ring (bicyclic) bond motifs is 1. The molecule has 134 valence electrons. The summed E-state index contributed by atoms with van der Waals surface area (Å²) in [5.41, 5.74) is 2.88. The largest absolute Gasteiger partial charge is 0.465 e. The van der Waals surface area contributed by atoms with Crippen LogP contribution in [0.1, 0.15) is 42.2 Å². The fraction of sp³-hybridized carbons (Fsp3) is 0.238. The van der Waals surface area contributed by atoms with Crippen LogP contribution < -0.4 is 5.63 Å². The van der Waals surface area contributed by atoms with Gasteiger partial charge >= 0.3 is 11.6 Å². The number of carbonyl (C=O) groups is 1. The van der Waals surface area contributed by atoms with Gasteiger partial charge in [-0.25, -0.2) is 9.59 Å². The zero-order valence-corrected chi connectivity index (χ0v) is 14.9. The van der Waals surface area contributed by atoms with Gasteiger partial charge in [0.15, 0.2) is 0 Å². The Kier molecular flexibility index (Phi) is 5.07. The summed E-state index contributed by atoms with van der Waals surface area (Å²) >= 11 is 0. The van der Waals surface area contributed by atoms with Gasteiger partial charge < -0.3 is 13.6 Å². The molecule has 5 nitrogen and oxygen atoms in total. The quantitative estimate of drug-likeness (QED) is 0.382. The minimum absolute atomic E-state index is 0.00990. The van der Waals surface area contributed by atoms with Gasteiger partial charge in [-0.15, -0.1) is 0 Å². The molecule has 0 radical (unpaired) electrons. The molecule has 2 aromatic heterocycles. The zero-order chi connectivity index (χ0) is 18.7. The number of furan rings is 1. The molecule has 26 heavy (non-hydrogen) atoms. The van der Waals surface area contributed by atoms with Gasteiger partial charge in [-0.1, -0.05) is 13.8 Å². The summed E-state index contributed by atoms with van der Waals surface area (Å²) in [7, 11) is 0. The molecule has 0 fully saturated rings. The molecule has 0 aliphatic heterocycles. The maximum Gasteiger partial charge on any atom is 0.336 e. The van der Waals surface area contributed by atoms with Gasteiger partial charge in [0, 0.05) is 23.1 Å². The maximum absolute atomic E-state index is 11.9. The molecule has 3 aromatic rings. The van der Waals surface area contributed by atoms with Crippen LogP contribution in [-0.2, 0) is 16.1 Å². The first-order valence-electron chi connectivity index (χ1n) is 8.39. The Morgan fingerprint density at radius 2 is 2.08 bits per heavy atom. The van der Waals surface area contributed by atoms with E-state index < -0.39 is 11.6 Å². The van der Waals surface area contributed by atoms with E-state index in [9.17, 15) is 9.59 Å². The lowest BCUT2D eigenvalue weighted by Gasteiger charge is -2.13. The molecule has 0 unspecified atom stereocenters. The summed E-state index contributed by atoms with van der Waals surface area (Å²) in [6.45, 7) is 6.18. The molecule has 0 saturated carbocycles. The summed E-state index contributed by atoms with van der Waals surface area (Å²) in [6, 6.07) is 8.68. The highest BCUT2D eigenvalue weighted by molar-refractivity contribution is 5.87. The Morgan fingerprint density at radius 3 is 2.77 bits per heavy atom. The van der Waals surface area contributed by atoms with Crippen LogP contribution in [0.3, 0.4) is 0 Å². The molecule has 5 heteroatoms. The van der Waals surface area contributed by atoms with Crippen LogP contribution in [0.15, 0.2) is 56.3 Å². The Labute approximate surface area is 150 Å². The molecule has 3 rings (SSSR count). The van der Waals surface area contributed by atoms with E-state index in [0.29, 0.717) is 22.8 Å². The van der Waals surface area contributed by atoms with Gasteiger partial charge in [0.1, 0.15) is 18.0 Å². The molecular weight excluding hydrogens is 332 g/mol. The van der Waals surface area contributed by atoms with E-state index in [1.54, 1.807) is 12.1 Å². The number of ether oxygens (including phenoxy) is 1. The number of aryl methyl sites for hydroxylation is 1. The van der Waals surface area contributed by atoms with Gasteiger partial charge in [0.2, 0.25) is 0 Å². The Bertz CT molecular complexity index is 1010. The predicted octanol–water partition coefficient (Wildman–Crippen LogP) is 4.57. The zero-order valence-electron chi connectivity index (χ0n) is 14.9. The average molecular weight is 352 g/mol. The first kappa shape index (κ1) is 17.7. The third-order valence-electron chi connectivity index (χ3n) is 4.14. The SMILES string of the molecule is Cc1cc2oc(=O)cc(COC(=O)C=Cc3ccco3)c2cc1C(C)C. The Hall–Kier alpha value is -3.08. The smallest absolute Gasteiger partial charge is 0.336 e. The maximum atomic E-state index is 11.9. The van der Waals surface area contributed by atoms with Crippen LogP contribution in [0.25, 0.3) is 17.0 Å². The van der Waals surface area contributed by atoms with Crippen molar-refractivity contribution in [2.45, 2.75) is 33.3 Å². The van der Waals surface area contributed by atoms with E-state index in [1.807, 2.05) is 19.1 Å². The highest BCUT2D eigenvalue weighted by atomic mass is 16.5. The fourth-order valence-electron chi connectivity index (χ4n) is 2.87. The third kappa shape index (κ3) is 3.94. The van der Waals surface area contributed by atoms with Crippen LogP contribution >= 0.6 is 0 Å². The second-order valence-electron chi connectivity index (χ2n) is 6.41. The topological polar surface area (TPSA) is 69.7 Å². The molecule has 0 aliphatic carbocycles. The van der Waals surface area contributed by atoms with Crippen molar-refractivity contribution in [3.05, 3.63) is 75.5 Å². The van der Waals surface area contributed by atoms with Crippen molar-refractivity contribution in [3.8, 4) is 0 Å². The van der Waals surface area contributed by atoms with Crippen LogP contribution in [0.4, 0.5) is 0 Å². The molecule has 0 aliphatic rings. The van der Waals surface area contributed by atoms with Gasteiger partial charge in [0.05, 0.1) is 6.26 Å². The van der Waals surface area contributed by atoms with Crippen molar-refractivity contribution in [1.29, 1.82) is 0 Å². The van der Waals surface area contributed by atoms with E-state index in [0.717, 1.165) is 16.5 Å². The number of esters is 1. The van der Waals surface area contributed by atoms with Gasteiger partial charge in [-0.05, 0) is 54.3 Å². The van der Waals surface area contributed by atoms with E-state index in [-0.39, 0.29) is 6.61 Å². The summed E-state index contributed by atoms with van der Waals surface area (Å²) < 4.78 is 15.7. The molecule has 0 bridgehead atoms. The van der Waals surface area contributed by atoms with Crippen molar-refractivity contribution in [2.24, 2.45) is 0 Å². The molecular formula is C21H20O5. The van der Waals surface area contributed by atoms with Gasteiger partial charge in [-0.2, -0.15) is 0 Å². The normalized spacial score (nSPS) is 11.5. The summed E-state index contributed by atoms with van der Waals surface area (Å²) in [4.78, 5) is 23.7. The van der Waals surface area contributed by atoms with Crippen LogP contribution in [0, 0.1) is 6.92 Å². The highest BCUT2D eigenvalue weighted by Crippen LogP contribution is 2.27. The molecule has 1 aromatic carbocycles. The van der Waals surface area contributed by atoms with Gasteiger partial charge in [-0.3, -0.25) is 0 Å². The predicted molar refractivity (Wildman–Crippen MR) is 98.8 cm³/mol. The van der Waals surface area contributed by atoms with E-state index in [2.05, 4.69) is 13.8 Å². The minimum atomic E-state index is -0.515. The second kappa shape index (κ2) is 7.44. The second-order valence-corrected chi connectivity index (χ2v) is 6.41. The van der Waals surface area contributed by atoms with Crippen LogP contribution in [0.2, 0.25) is 0 Å². The molecule has 0 saturated heterocycles. The van der Waals surface area contributed by atoms with E-state index >= 15 is 0 Å². The monoisotopic (exact) mass is 352 g/mol. The fourth-order valence-corrected chi connectivity index (χ4v) is 2.87. The standard InChI is InChI=1S/C21H20O5/c1-13(2)17-11-18-15(10-21(23)26-19(18)9-14(17)3)12-25-20(22)7-6-16-5-4-8-24-16/h4-11,13H,12H2,1-3H3. The van der Waals surface area contributed by atoms with Crippen molar-refractivity contribution in [2.75, 3.05) is 0 Å². The van der Waals surface area contributed by atoms with Crippen molar-refractivity contribution in [1.82, 2.24) is 0 Å². The highest BCUT2D eigenvalue weighted by Gasteiger charge is 2.12. The molecule has 0 amide bonds. The van der Waals surface area contributed by atoms with Crippen LogP contribution in [0.5, 0.6) is 0 Å². The first-order chi connectivity index (χ1) is 12.4. The molecule has 2 heterocycles. The third-order valence-corrected chi connectivity index (χ3v) is 4.14. The van der Waals surface area contributed by atoms with Crippen molar-refractivity contribution < 1.29 is 18.4 Å². The number of benzene rings is 1. The van der Waals surface area contributed by atoms with E-state index in [4.69, 9.17) is 13.6 Å². The lowest BCUT2D eigenvalue weighted by molar-refractivity contribution is -0.138. The number of rotatable bonds is 5. The summed E-state index contributed by atoms with van der Waals surface area (Å²) in [5.74, 6) is 0.377. The number of carbonyl (C=O) groups excluding carboxylic acids is 1. The lowest BCUT2D eigenvalue weighted by Crippen LogP contribution is -2.06. The van der Waals surface area contributed by atoms with Gasteiger partial charge in [0.25, 0.3) is 0 Å². The first-order valence-corrected chi connectivity index (χ1v) is 8.39. The van der Waals surface area contributed by atoms with Crippen molar-refractivity contribution in [3.63, 3.8) is 0 Å². The van der Waals surface area contributed by atoms with Crippen LogP contribution in [-0.4, -0.2) is 5.97 Å². The Balaban J connectivity index is 1.85. The molecule has 0 N–H and O–H groups in total. The average Bonchev–Trinajstić information content (AvgIpc) is 3.10. The van der Waals surface area contributed by atoms with E-state index in [1.165, 1.54) is 24.5 Å². The summed E-state index contributed by atoms with van der Waals surface area (Å²) in [6.07, 6.45) is 4.34. The summed E-state index contributed by atoms with van der Waals surface area (Å²) in [5, 5.41) is 0.779.